The van der Waals surface area contributed by atoms with E-state index in [4.69, 9.17) is 26.8 Å². The summed E-state index contributed by atoms with van der Waals surface area (Å²) in [5.41, 5.74) is 6.17. The molecule has 2 aromatic rings. The number of halogens is 1. The van der Waals surface area contributed by atoms with E-state index < -0.39 is 11.8 Å². The van der Waals surface area contributed by atoms with Crippen LogP contribution in [0.4, 0.5) is 5.69 Å². The minimum atomic E-state index is -0.623. The molecule has 0 bridgehead atoms. The molecule has 0 radical (unpaired) electrons. The van der Waals surface area contributed by atoms with E-state index in [1.165, 1.54) is 6.07 Å². The van der Waals surface area contributed by atoms with Crippen LogP contribution in [-0.4, -0.2) is 25.0 Å². The maximum atomic E-state index is 12.5. The zero-order valence-electron chi connectivity index (χ0n) is 12.7. The first-order valence-corrected chi connectivity index (χ1v) is 7.73. The Morgan fingerprint density at radius 3 is 2.67 bits per heavy atom. The van der Waals surface area contributed by atoms with Gasteiger partial charge in [0.1, 0.15) is 0 Å². The van der Waals surface area contributed by atoms with E-state index >= 15 is 0 Å². The number of primary amides is 1. The van der Waals surface area contributed by atoms with E-state index in [1.54, 1.807) is 30.3 Å². The standard InChI is InChI=1S/C17H15ClN2O4/c18-12-8-10(9-14-15(12)24-7-3-6-23-14)17(22)20-13-5-2-1-4-11(13)16(19)21/h1-2,4-5,8-9H,3,6-7H2,(H2,19,21)(H,20,22). The molecule has 3 N–H and O–H groups in total. The number of hydrogen-bond acceptors (Lipinski definition) is 4. The minimum Gasteiger partial charge on any atom is -0.489 e. The highest BCUT2D eigenvalue weighted by Gasteiger charge is 2.19. The van der Waals surface area contributed by atoms with Crippen molar-refractivity contribution in [3.8, 4) is 11.5 Å². The van der Waals surface area contributed by atoms with Crippen molar-refractivity contribution in [1.29, 1.82) is 0 Å². The lowest BCUT2D eigenvalue weighted by atomic mass is 10.1. The smallest absolute Gasteiger partial charge is 0.255 e. The van der Waals surface area contributed by atoms with Crippen molar-refractivity contribution in [1.82, 2.24) is 0 Å². The SMILES string of the molecule is NC(=O)c1ccccc1NC(=O)c1cc(Cl)c2c(c1)OCCCO2. The summed E-state index contributed by atoms with van der Waals surface area (Å²) < 4.78 is 11.1. The molecule has 0 fully saturated rings. The number of carbonyl (C=O) groups excluding carboxylic acids is 2. The number of anilines is 1. The second kappa shape index (κ2) is 6.80. The van der Waals surface area contributed by atoms with Gasteiger partial charge >= 0.3 is 0 Å². The van der Waals surface area contributed by atoms with Gasteiger partial charge in [0.15, 0.2) is 11.5 Å². The zero-order chi connectivity index (χ0) is 17.1. The van der Waals surface area contributed by atoms with Crippen LogP contribution in [0.15, 0.2) is 36.4 Å². The summed E-state index contributed by atoms with van der Waals surface area (Å²) in [5.74, 6) is -0.194. The monoisotopic (exact) mass is 346 g/mol. The Hall–Kier alpha value is -2.73. The molecule has 24 heavy (non-hydrogen) atoms. The summed E-state index contributed by atoms with van der Waals surface area (Å²) in [5, 5.41) is 2.96. The van der Waals surface area contributed by atoms with Crippen LogP contribution < -0.4 is 20.5 Å². The molecule has 0 aliphatic carbocycles. The summed E-state index contributed by atoms with van der Waals surface area (Å²) >= 11 is 6.19. The fourth-order valence-electron chi connectivity index (χ4n) is 2.36. The lowest BCUT2D eigenvalue weighted by Gasteiger charge is -2.12. The summed E-state index contributed by atoms with van der Waals surface area (Å²) in [7, 11) is 0. The van der Waals surface area contributed by atoms with Crippen molar-refractivity contribution in [2.24, 2.45) is 5.73 Å². The number of nitrogens with two attached hydrogens (primary N) is 1. The first kappa shape index (κ1) is 16.1. The van der Waals surface area contributed by atoms with Crippen molar-refractivity contribution in [2.75, 3.05) is 18.5 Å². The Morgan fingerprint density at radius 2 is 1.88 bits per heavy atom. The highest BCUT2D eigenvalue weighted by Crippen LogP contribution is 2.38. The Balaban J connectivity index is 1.90. The van der Waals surface area contributed by atoms with Gasteiger partial charge in [-0.2, -0.15) is 0 Å². The van der Waals surface area contributed by atoms with E-state index in [9.17, 15) is 9.59 Å². The molecule has 0 spiro atoms. The van der Waals surface area contributed by atoms with Gasteiger partial charge in [-0.15, -0.1) is 0 Å². The fourth-order valence-corrected chi connectivity index (χ4v) is 2.63. The average molecular weight is 347 g/mol. The largest absolute Gasteiger partial charge is 0.489 e. The van der Waals surface area contributed by atoms with Gasteiger partial charge in [0.25, 0.3) is 11.8 Å². The van der Waals surface area contributed by atoms with E-state index in [0.717, 1.165) is 6.42 Å². The molecule has 1 heterocycles. The van der Waals surface area contributed by atoms with E-state index in [1.807, 2.05) is 0 Å². The molecule has 1 aliphatic heterocycles. The van der Waals surface area contributed by atoms with Gasteiger partial charge in [-0.25, -0.2) is 0 Å². The number of ether oxygens (including phenoxy) is 2. The molecule has 1 aliphatic rings. The molecule has 6 nitrogen and oxygen atoms in total. The van der Waals surface area contributed by atoms with Gasteiger partial charge in [0.2, 0.25) is 0 Å². The van der Waals surface area contributed by atoms with Crippen molar-refractivity contribution in [2.45, 2.75) is 6.42 Å². The maximum absolute atomic E-state index is 12.5. The van der Waals surface area contributed by atoms with Gasteiger partial charge in [0, 0.05) is 12.0 Å². The minimum absolute atomic E-state index is 0.228. The molecule has 0 unspecified atom stereocenters. The molecular weight excluding hydrogens is 332 g/mol. The van der Waals surface area contributed by atoms with Crippen molar-refractivity contribution >= 4 is 29.1 Å². The average Bonchev–Trinajstić information content (AvgIpc) is 2.81. The van der Waals surface area contributed by atoms with E-state index in [0.29, 0.717) is 41.0 Å². The number of carbonyl (C=O) groups is 2. The topological polar surface area (TPSA) is 90.7 Å². The van der Waals surface area contributed by atoms with Gasteiger partial charge in [0.05, 0.1) is 29.5 Å². The van der Waals surface area contributed by atoms with Crippen LogP contribution in [0, 0.1) is 0 Å². The molecule has 7 heteroatoms. The summed E-state index contributed by atoms with van der Waals surface area (Å²) in [6.45, 7) is 0.989. The van der Waals surface area contributed by atoms with Crippen LogP contribution in [0.1, 0.15) is 27.1 Å². The van der Waals surface area contributed by atoms with Crippen molar-refractivity contribution < 1.29 is 19.1 Å². The molecule has 2 amide bonds. The molecule has 3 rings (SSSR count). The third kappa shape index (κ3) is 3.28. The van der Waals surface area contributed by atoms with E-state index in [-0.39, 0.29) is 5.56 Å². The predicted octanol–water partition coefficient (Wildman–Crippen LogP) is 2.85. The van der Waals surface area contributed by atoms with E-state index in [2.05, 4.69) is 5.32 Å². The summed E-state index contributed by atoms with van der Waals surface area (Å²) in [6.07, 6.45) is 0.735. The Morgan fingerprint density at radius 1 is 1.12 bits per heavy atom. The highest BCUT2D eigenvalue weighted by molar-refractivity contribution is 6.32. The van der Waals surface area contributed by atoms with Crippen LogP contribution in [0.5, 0.6) is 11.5 Å². The lowest BCUT2D eigenvalue weighted by molar-refractivity contribution is 0.100. The molecule has 124 valence electrons. The molecule has 0 saturated carbocycles. The first-order valence-electron chi connectivity index (χ1n) is 7.35. The second-order valence-corrected chi connectivity index (χ2v) is 5.61. The highest BCUT2D eigenvalue weighted by atomic mass is 35.5. The molecule has 2 aromatic carbocycles. The number of fused-ring (bicyclic) bond motifs is 1. The van der Waals surface area contributed by atoms with Crippen LogP contribution in [0.3, 0.4) is 0 Å². The Labute approximate surface area is 143 Å². The zero-order valence-corrected chi connectivity index (χ0v) is 13.4. The summed E-state index contributed by atoms with van der Waals surface area (Å²) in [6, 6.07) is 9.57. The lowest BCUT2D eigenvalue weighted by Crippen LogP contribution is -2.18. The van der Waals surface area contributed by atoms with Crippen LogP contribution in [-0.2, 0) is 0 Å². The third-order valence-electron chi connectivity index (χ3n) is 3.51. The second-order valence-electron chi connectivity index (χ2n) is 5.20. The molecule has 0 saturated heterocycles. The Kier molecular flexibility index (Phi) is 4.57. The number of nitrogens with one attached hydrogen (secondary N) is 1. The van der Waals surface area contributed by atoms with Gasteiger partial charge in [-0.05, 0) is 24.3 Å². The first-order chi connectivity index (χ1) is 11.6. The molecular formula is C17H15ClN2O4. The van der Waals surface area contributed by atoms with Crippen LogP contribution >= 0.6 is 11.6 Å². The summed E-state index contributed by atoms with van der Waals surface area (Å²) in [4.78, 5) is 23.9. The Bertz CT molecular complexity index is 807. The fraction of sp³-hybridized carbons (Fsp3) is 0.176. The number of amides is 2. The number of hydrogen-bond donors (Lipinski definition) is 2. The van der Waals surface area contributed by atoms with Gasteiger partial charge < -0.3 is 20.5 Å². The van der Waals surface area contributed by atoms with Gasteiger partial charge in [-0.3, -0.25) is 9.59 Å². The van der Waals surface area contributed by atoms with Gasteiger partial charge in [-0.1, -0.05) is 23.7 Å². The molecule has 0 aromatic heterocycles. The number of rotatable bonds is 3. The normalized spacial score (nSPS) is 13.0. The third-order valence-corrected chi connectivity index (χ3v) is 3.79. The number of benzene rings is 2. The predicted molar refractivity (Wildman–Crippen MR) is 90.0 cm³/mol. The van der Waals surface area contributed by atoms with Crippen molar-refractivity contribution in [3.63, 3.8) is 0 Å². The van der Waals surface area contributed by atoms with Crippen LogP contribution in [0.25, 0.3) is 0 Å². The van der Waals surface area contributed by atoms with Crippen molar-refractivity contribution in [3.05, 3.63) is 52.5 Å². The van der Waals surface area contributed by atoms with Crippen LogP contribution in [0.2, 0.25) is 5.02 Å². The number of para-hydroxylation sites is 1. The maximum Gasteiger partial charge on any atom is 0.255 e. The molecule has 0 atom stereocenters. The quantitative estimate of drug-likeness (QED) is 0.894.